The Balaban J connectivity index is 1.97. The first-order valence-electron chi connectivity index (χ1n) is 10.0. The zero-order valence-electron chi connectivity index (χ0n) is 17.3. The van der Waals surface area contributed by atoms with Gasteiger partial charge < -0.3 is 5.32 Å². The van der Waals surface area contributed by atoms with Gasteiger partial charge in [-0.3, -0.25) is 20.2 Å². The molecule has 1 aromatic carbocycles. The van der Waals surface area contributed by atoms with Gasteiger partial charge in [-0.25, -0.2) is 0 Å². The van der Waals surface area contributed by atoms with Crippen molar-refractivity contribution in [2.75, 3.05) is 6.54 Å². The second-order valence-corrected chi connectivity index (χ2v) is 8.66. The maximum absolute atomic E-state index is 12.7. The SMILES string of the molecule is CC(C)(C(=O)NCCC#N)c1cccn(C(=N)C2(c3ccc(Cl)cc3)CCC2)c1=N. The molecule has 0 aliphatic heterocycles. The summed E-state index contributed by atoms with van der Waals surface area (Å²) in [5.41, 5.74) is 0.262. The van der Waals surface area contributed by atoms with E-state index in [9.17, 15) is 4.79 Å². The Hall–Kier alpha value is -2.91. The zero-order valence-corrected chi connectivity index (χ0v) is 18.0. The fourth-order valence-corrected chi connectivity index (χ4v) is 4.09. The van der Waals surface area contributed by atoms with Crippen LogP contribution in [0.15, 0.2) is 42.6 Å². The molecule has 30 heavy (non-hydrogen) atoms. The maximum Gasteiger partial charge on any atom is 0.230 e. The molecule has 1 saturated carbocycles. The minimum Gasteiger partial charge on any atom is -0.354 e. The molecule has 1 amide bonds. The number of aromatic nitrogens is 1. The van der Waals surface area contributed by atoms with Crippen LogP contribution in [0.25, 0.3) is 0 Å². The molecule has 156 valence electrons. The van der Waals surface area contributed by atoms with Gasteiger partial charge in [0.05, 0.1) is 23.3 Å². The molecule has 0 radical (unpaired) electrons. The number of nitriles is 1. The van der Waals surface area contributed by atoms with Gasteiger partial charge in [0, 0.05) is 23.3 Å². The predicted molar refractivity (Wildman–Crippen MR) is 117 cm³/mol. The second kappa shape index (κ2) is 8.45. The van der Waals surface area contributed by atoms with Crippen LogP contribution in [0.5, 0.6) is 0 Å². The summed E-state index contributed by atoms with van der Waals surface area (Å²) in [5.74, 6) is 0.0928. The van der Waals surface area contributed by atoms with Crippen molar-refractivity contribution >= 4 is 23.3 Å². The lowest BCUT2D eigenvalue weighted by molar-refractivity contribution is -0.125. The highest BCUT2D eigenvalue weighted by Crippen LogP contribution is 2.45. The number of nitrogens with one attached hydrogen (secondary N) is 3. The molecule has 3 rings (SSSR count). The number of carbonyl (C=O) groups is 1. The molecule has 7 heteroatoms. The summed E-state index contributed by atoms with van der Waals surface area (Å²) < 4.78 is 1.58. The van der Waals surface area contributed by atoms with Gasteiger partial charge in [0.1, 0.15) is 11.3 Å². The molecule has 0 unspecified atom stereocenters. The van der Waals surface area contributed by atoms with Crippen LogP contribution in [0.2, 0.25) is 5.02 Å². The highest BCUT2D eigenvalue weighted by Gasteiger charge is 2.44. The Morgan fingerprint density at radius 3 is 2.53 bits per heavy atom. The normalized spacial score (nSPS) is 15.0. The van der Waals surface area contributed by atoms with Gasteiger partial charge in [0.25, 0.3) is 0 Å². The first-order valence-corrected chi connectivity index (χ1v) is 10.4. The average Bonchev–Trinajstić information content (AvgIpc) is 2.68. The molecule has 0 spiro atoms. The summed E-state index contributed by atoms with van der Waals surface area (Å²) in [6.07, 6.45) is 4.64. The van der Waals surface area contributed by atoms with Crippen molar-refractivity contribution in [2.45, 2.75) is 50.4 Å². The van der Waals surface area contributed by atoms with Gasteiger partial charge in [-0.1, -0.05) is 36.2 Å². The van der Waals surface area contributed by atoms with Gasteiger partial charge in [-0.05, 0) is 50.5 Å². The highest BCUT2D eigenvalue weighted by atomic mass is 35.5. The summed E-state index contributed by atoms with van der Waals surface area (Å²) >= 11 is 6.05. The van der Waals surface area contributed by atoms with Crippen molar-refractivity contribution in [2.24, 2.45) is 0 Å². The summed E-state index contributed by atoms with van der Waals surface area (Å²) in [4.78, 5) is 12.7. The molecule has 1 fully saturated rings. The lowest BCUT2D eigenvalue weighted by Gasteiger charge is -2.43. The summed E-state index contributed by atoms with van der Waals surface area (Å²) in [6, 6.07) is 13.1. The molecule has 0 atom stereocenters. The fraction of sp³-hybridized carbons (Fsp3) is 0.391. The zero-order chi connectivity index (χ0) is 21.9. The standard InChI is InChI=1S/C23H26ClN5O/c1-22(2,21(30)28-14-5-13-25)18-6-3-15-29(19(18)26)20(27)23(11-4-12-23)16-7-9-17(24)10-8-16/h3,6-10,15,26-27H,4-5,11-12,14H2,1-2H3,(H,28,30). The Morgan fingerprint density at radius 1 is 1.30 bits per heavy atom. The monoisotopic (exact) mass is 423 g/mol. The van der Waals surface area contributed by atoms with E-state index in [2.05, 4.69) is 5.32 Å². The van der Waals surface area contributed by atoms with Crippen molar-refractivity contribution in [3.05, 3.63) is 64.2 Å². The lowest BCUT2D eigenvalue weighted by atomic mass is 9.63. The Morgan fingerprint density at radius 2 is 1.97 bits per heavy atom. The third-order valence-electron chi connectivity index (χ3n) is 6.06. The van der Waals surface area contributed by atoms with Gasteiger partial charge in [0.2, 0.25) is 5.91 Å². The van der Waals surface area contributed by atoms with Crippen LogP contribution in [-0.2, 0) is 15.6 Å². The van der Waals surface area contributed by atoms with E-state index in [0.717, 1.165) is 24.8 Å². The fourth-order valence-electron chi connectivity index (χ4n) is 3.97. The minimum absolute atomic E-state index is 0.128. The molecule has 6 nitrogen and oxygen atoms in total. The largest absolute Gasteiger partial charge is 0.354 e. The molecular weight excluding hydrogens is 398 g/mol. The van der Waals surface area contributed by atoms with E-state index >= 15 is 0 Å². The van der Waals surface area contributed by atoms with Crippen LogP contribution >= 0.6 is 11.6 Å². The van der Waals surface area contributed by atoms with Crippen LogP contribution in [0.3, 0.4) is 0 Å². The van der Waals surface area contributed by atoms with E-state index in [1.54, 1.807) is 36.7 Å². The Kier molecular flexibility index (Phi) is 6.14. The number of halogens is 1. The topological polar surface area (TPSA) is 106 Å². The minimum atomic E-state index is -0.969. The molecule has 0 bridgehead atoms. The first kappa shape index (κ1) is 21.8. The van der Waals surface area contributed by atoms with Gasteiger partial charge in [-0.2, -0.15) is 5.26 Å². The number of hydrogen-bond donors (Lipinski definition) is 3. The van der Waals surface area contributed by atoms with Crippen molar-refractivity contribution in [3.8, 4) is 6.07 Å². The van der Waals surface area contributed by atoms with Crippen molar-refractivity contribution in [1.82, 2.24) is 9.88 Å². The summed E-state index contributed by atoms with van der Waals surface area (Å²) in [5, 5.41) is 29.9. The number of nitrogens with zero attached hydrogens (tertiary/aromatic N) is 2. The van der Waals surface area contributed by atoms with Crippen molar-refractivity contribution in [3.63, 3.8) is 0 Å². The number of amides is 1. The molecule has 1 aromatic heterocycles. The van der Waals surface area contributed by atoms with E-state index in [0.29, 0.717) is 16.4 Å². The van der Waals surface area contributed by atoms with Crippen LogP contribution < -0.4 is 10.8 Å². The number of benzene rings is 1. The average molecular weight is 424 g/mol. The third-order valence-corrected chi connectivity index (χ3v) is 6.31. The number of hydrogen-bond acceptors (Lipinski definition) is 4. The molecular formula is C23H26ClN5O. The van der Waals surface area contributed by atoms with Gasteiger partial charge in [-0.15, -0.1) is 0 Å². The summed E-state index contributed by atoms with van der Waals surface area (Å²) in [6.45, 7) is 3.79. The maximum atomic E-state index is 12.7. The molecule has 1 aliphatic rings. The van der Waals surface area contributed by atoms with Crippen LogP contribution in [0.1, 0.15) is 50.7 Å². The number of pyridine rings is 1. The van der Waals surface area contributed by atoms with E-state index in [1.807, 2.05) is 30.3 Å². The van der Waals surface area contributed by atoms with E-state index < -0.39 is 10.8 Å². The number of rotatable bonds is 6. The Labute approximate surface area is 181 Å². The summed E-state index contributed by atoms with van der Waals surface area (Å²) in [7, 11) is 0. The quantitative estimate of drug-likeness (QED) is 0.372. The van der Waals surface area contributed by atoms with E-state index in [4.69, 9.17) is 27.7 Å². The first-order chi connectivity index (χ1) is 14.2. The predicted octanol–water partition coefficient (Wildman–Crippen LogP) is 3.88. The smallest absolute Gasteiger partial charge is 0.230 e. The highest BCUT2D eigenvalue weighted by molar-refractivity contribution is 6.30. The molecule has 3 N–H and O–H groups in total. The molecule has 1 aliphatic carbocycles. The van der Waals surface area contributed by atoms with Gasteiger partial charge >= 0.3 is 0 Å². The van der Waals surface area contributed by atoms with Crippen LogP contribution in [0.4, 0.5) is 0 Å². The molecule has 1 heterocycles. The van der Waals surface area contributed by atoms with Gasteiger partial charge in [0.15, 0.2) is 0 Å². The molecule has 2 aromatic rings. The van der Waals surface area contributed by atoms with Crippen molar-refractivity contribution < 1.29 is 4.79 Å². The lowest BCUT2D eigenvalue weighted by Crippen LogP contribution is -2.50. The third kappa shape index (κ3) is 3.78. The molecule has 0 saturated heterocycles. The van der Waals surface area contributed by atoms with E-state index in [-0.39, 0.29) is 24.4 Å². The van der Waals surface area contributed by atoms with Crippen molar-refractivity contribution in [1.29, 1.82) is 16.1 Å². The van der Waals surface area contributed by atoms with Crippen LogP contribution in [-0.4, -0.2) is 22.9 Å². The Bertz CT molecular complexity index is 1060. The van der Waals surface area contributed by atoms with E-state index in [1.165, 1.54) is 0 Å². The second-order valence-electron chi connectivity index (χ2n) is 8.22. The van der Waals surface area contributed by atoms with Crippen LogP contribution in [0, 0.1) is 22.1 Å². The number of carbonyl (C=O) groups excluding carboxylic acids is 1.